The molecule has 0 aliphatic carbocycles. The van der Waals surface area contributed by atoms with Gasteiger partial charge in [0, 0.05) is 10.9 Å². The molecule has 2 aromatic heterocycles. The van der Waals surface area contributed by atoms with Crippen molar-refractivity contribution < 1.29 is 23.5 Å². The van der Waals surface area contributed by atoms with Gasteiger partial charge >= 0.3 is 0 Å². The minimum atomic E-state index is -0.401. The zero-order valence-electron chi connectivity index (χ0n) is 17.2. The second-order valence-electron chi connectivity index (χ2n) is 7.27. The first-order valence-electron chi connectivity index (χ1n) is 10.0. The van der Waals surface area contributed by atoms with Gasteiger partial charge < -0.3 is 24.5 Å². The predicted octanol–water partition coefficient (Wildman–Crippen LogP) is 4.41. The summed E-state index contributed by atoms with van der Waals surface area (Å²) in [5, 5.41) is 6.43. The number of nitrogens with zero attached hydrogens (tertiary/aromatic N) is 1. The van der Waals surface area contributed by atoms with Gasteiger partial charge in [0.1, 0.15) is 18.8 Å². The third-order valence-corrected chi connectivity index (χ3v) is 5.05. The van der Waals surface area contributed by atoms with Crippen molar-refractivity contribution in [3.8, 4) is 11.5 Å². The van der Waals surface area contributed by atoms with E-state index in [2.05, 4.69) is 15.6 Å². The Bertz CT molecular complexity index is 1310. The molecule has 0 spiro atoms. The summed E-state index contributed by atoms with van der Waals surface area (Å²) in [6, 6.07) is 15.7. The molecule has 4 aromatic rings. The molecule has 0 saturated heterocycles. The van der Waals surface area contributed by atoms with Crippen molar-refractivity contribution in [2.75, 3.05) is 23.8 Å². The Balaban J connectivity index is 1.33. The van der Waals surface area contributed by atoms with E-state index in [0.717, 1.165) is 5.39 Å². The number of nitrogens with one attached hydrogen (secondary N) is 2. The largest absolute Gasteiger partial charge is 0.486 e. The van der Waals surface area contributed by atoms with Crippen LogP contribution in [0.5, 0.6) is 11.5 Å². The minimum Gasteiger partial charge on any atom is -0.486 e. The number of carbonyl (C=O) groups excluding carboxylic acids is 2. The SMILES string of the molecule is Cc1ncc(NC(=O)c2ccc3c(c2)OCCO3)cc1NC(=O)c1cc2ccccc2o1. The maximum Gasteiger partial charge on any atom is 0.291 e. The summed E-state index contributed by atoms with van der Waals surface area (Å²) in [4.78, 5) is 29.7. The number of carbonyl (C=O) groups is 2. The lowest BCUT2D eigenvalue weighted by Crippen LogP contribution is -2.17. The van der Waals surface area contributed by atoms with Crippen LogP contribution in [-0.4, -0.2) is 30.0 Å². The van der Waals surface area contributed by atoms with Crippen LogP contribution < -0.4 is 20.1 Å². The number of aryl methyl sites for hydroxylation is 1. The van der Waals surface area contributed by atoms with Crippen LogP contribution in [0.4, 0.5) is 11.4 Å². The minimum absolute atomic E-state index is 0.191. The van der Waals surface area contributed by atoms with E-state index in [4.69, 9.17) is 13.9 Å². The second kappa shape index (κ2) is 8.07. The molecule has 5 rings (SSSR count). The van der Waals surface area contributed by atoms with E-state index < -0.39 is 5.91 Å². The van der Waals surface area contributed by atoms with Crippen LogP contribution in [0.1, 0.15) is 26.6 Å². The summed E-state index contributed by atoms with van der Waals surface area (Å²) < 4.78 is 16.6. The van der Waals surface area contributed by atoms with E-state index >= 15 is 0 Å². The Labute approximate surface area is 183 Å². The number of aromatic nitrogens is 1. The summed E-state index contributed by atoms with van der Waals surface area (Å²) >= 11 is 0. The highest BCUT2D eigenvalue weighted by Gasteiger charge is 2.17. The van der Waals surface area contributed by atoms with Crippen LogP contribution >= 0.6 is 0 Å². The van der Waals surface area contributed by atoms with Crippen LogP contribution in [0, 0.1) is 6.92 Å². The number of ether oxygens (including phenoxy) is 2. The number of fused-ring (bicyclic) bond motifs is 2. The topological polar surface area (TPSA) is 103 Å². The van der Waals surface area contributed by atoms with Crippen molar-refractivity contribution in [3.05, 3.63) is 77.8 Å². The summed E-state index contributed by atoms with van der Waals surface area (Å²) in [6.07, 6.45) is 1.53. The van der Waals surface area contributed by atoms with E-state index in [9.17, 15) is 9.59 Å². The molecule has 8 nitrogen and oxygen atoms in total. The summed E-state index contributed by atoms with van der Waals surface area (Å²) in [5.74, 6) is 0.602. The fourth-order valence-electron chi connectivity index (χ4n) is 3.39. The van der Waals surface area contributed by atoms with Gasteiger partial charge in [0.25, 0.3) is 11.8 Å². The number of amides is 2. The zero-order chi connectivity index (χ0) is 22.1. The Morgan fingerprint density at radius 1 is 0.906 bits per heavy atom. The molecule has 32 heavy (non-hydrogen) atoms. The number of anilines is 2. The average Bonchev–Trinajstić information content (AvgIpc) is 3.25. The Kier molecular flexibility index (Phi) is 4.95. The molecule has 0 bridgehead atoms. The molecule has 0 saturated carbocycles. The highest BCUT2D eigenvalue weighted by molar-refractivity contribution is 6.07. The molecule has 0 unspecified atom stereocenters. The lowest BCUT2D eigenvalue weighted by Gasteiger charge is -2.18. The smallest absolute Gasteiger partial charge is 0.291 e. The number of rotatable bonds is 4. The molecule has 1 aliphatic rings. The van der Waals surface area contributed by atoms with Gasteiger partial charge in [-0.2, -0.15) is 0 Å². The van der Waals surface area contributed by atoms with Gasteiger partial charge in [-0.15, -0.1) is 0 Å². The third-order valence-electron chi connectivity index (χ3n) is 5.05. The number of benzene rings is 2. The van der Waals surface area contributed by atoms with Crippen LogP contribution in [0.2, 0.25) is 0 Å². The van der Waals surface area contributed by atoms with Crippen molar-refractivity contribution in [2.45, 2.75) is 6.92 Å². The molecule has 3 heterocycles. The number of hydrogen-bond acceptors (Lipinski definition) is 6. The van der Waals surface area contributed by atoms with Crippen molar-refractivity contribution in [3.63, 3.8) is 0 Å². The Morgan fingerprint density at radius 2 is 1.72 bits per heavy atom. The molecule has 0 radical (unpaired) electrons. The monoisotopic (exact) mass is 429 g/mol. The third kappa shape index (κ3) is 3.85. The molecule has 0 fully saturated rings. The van der Waals surface area contributed by atoms with Crippen LogP contribution in [-0.2, 0) is 0 Å². The van der Waals surface area contributed by atoms with Gasteiger partial charge in [0.15, 0.2) is 17.3 Å². The van der Waals surface area contributed by atoms with E-state index in [0.29, 0.717) is 52.9 Å². The van der Waals surface area contributed by atoms with Gasteiger partial charge in [0.2, 0.25) is 0 Å². The molecular formula is C24H19N3O5. The lowest BCUT2D eigenvalue weighted by molar-refractivity contribution is 0.0996. The molecule has 160 valence electrons. The molecule has 2 amide bonds. The van der Waals surface area contributed by atoms with Gasteiger partial charge in [-0.25, -0.2) is 0 Å². The van der Waals surface area contributed by atoms with Gasteiger partial charge in [-0.05, 0) is 43.3 Å². The standard InChI is InChI=1S/C24H19N3O5/c1-14-18(27-24(29)22-10-15-4-2-3-5-19(15)32-22)12-17(13-25-14)26-23(28)16-6-7-20-21(11-16)31-9-8-30-20/h2-7,10-13H,8-9H2,1H3,(H,26,28)(H,27,29). The highest BCUT2D eigenvalue weighted by atomic mass is 16.6. The van der Waals surface area contributed by atoms with Gasteiger partial charge in [-0.1, -0.05) is 18.2 Å². The molecule has 2 aromatic carbocycles. The first-order valence-corrected chi connectivity index (χ1v) is 10.0. The molecule has 2 N–H and O–H groups in total. The van der Waals surface area contributed by atoms with E-state index in [1.807, 2.05) is 18.2 Å². The fraction of sp³-hybridized carbons (Fsp3) is 0.125. The highest BCUT2D eigenvalue weighted by Crippen LogP contribution is 2.31. The zero-order valence-corrected chi connectivity index (χ0v) is 17.2. The number of pyridine rings is 1. The van der Waals surface area contributed by atoms with Gasteiger partial charge in [0.05, 0.1) is 23.3 Å². The number of furan rings is 1. The first kappa shape index (κ1) is 19.6. The Hall–Kier alpha value is -4.33. The molecule has 0 atom stereocenters. The number of para-hydroxylation sites is 1. The Morgan fingerprint density at radius 3 is 2.56 bits per heavy atom. The lowest BCUT2D eigenvalue weighted by atomic mass is 10.1. The van der Waals surface area contributed by atoms with Crippen LogP contribution in [0.3, 0.4) is 0 Å². The number of hydrogen-bond donors (Lipinski definition) is 2. The van der Waals surface area contributed by atoms with Gasteiger partial charge in [-0.3, -0.25) is 14.6 Å². The van der Waals surface area contributed by atoms with Crippen LogP contribution in [0.15, 0.2) is 65.2 Å². The van der Waals surface area contributed by atoms with Crippen molar-refractivity contribution in [1.82, 2.24) is 4.98 Å². The van der Waals surface area contributed by atoms with Crippen LogP contribution in [0.25, 0.3) is 11.0 Å². The first-order chi connectivity index (χ1) is 15.6. The fourth-order valence-corrected chi connectivity index (χ4v) is 3.39. The van der Waals surface area contributed by atoms with Crippen molar-refractivity contribution in [2.24, 2.45) is 0 Å². The molecule has 1 aliphatic heterocycles. The molecule has 8 heteroatoms. The van der Waals surface area contributed by atoms with Crippen molar-refractivity contribution >= 4 is 34.2 Å². The average molecular weight is 429 g/mol. The quantitative estimate of drug-likeness (QED) is 0.498. The molecular weight excluding hydrogens is 410 g/mol. The van der Waals surface area contributed by atoms with E-state index in [-0.39, 0.29) is 11.7 Å². The van der Waals surface area contributed by atoms with Crippen molar-refractivity contribution in [1.29, 1.82) is 0 Å². The maximum atomic E-state index is 12.7. The maximum absolute atomic E-state index is 12.7. The summed E-state index contributed by atoms with van der Waals surface area (Å²) in [6.45, 7) is 2.69. The normalized spacial score (nSPS) is 12.4. The summed E-state index contributed by atoms with van der Waals surface area (Å²) in [7, 11) is 0. The van der Waals surface area contributed by atoms with E-state index in [1.165, 1.54) is 6.20 Å². The van der Waals surface area contributed by atoms with E-state index in [1.54, 1.807) is 43.3 Å². The second-order valence-corrected chi connectivity index (χ2v) is 7.27. The predicted molar refractivity (Wildman–Crippen MR) is 119 cm³/mol. The summed E-state index contributed by atoms with van der Waals surface area (Å²) in [5.41, 5.74) is 2.56.